The molecule has 1 aromatic rings. The van der Waals surface area contributed by atoms with Gasteiger partial charge >= 0.3 is 5.97 Å². The van der Waals surface area contributed by atoms with Gasteiger partial charge in [0.1, 0.15) is 24.0 Å². The first-order valence-electron chi connectivity index (χ1n) is 11.5. The number of carboxylic acid groups (broad SMARTS) is 1. The van der Waals surface area contributed by atoms with Crippen molar-refractivity contribution in [2.45, 2.75) is 30.7 Å². The summed E-state index contributed by atoms with van der Waals surface area (Å²) in [7, 11) is -3.88. The number of aliphatic carboxylic acids is 1. The van der Waals surface area contributed by atoms with Gasteiger partial charge in [0.05, 0.1) is 40.9 Å². The highest BCUT2D eigenvalue weighted by Crippen LogP contribution is 2.36. The summed E-state index contributed by atoms with van der Waals surface area (Å²) in [5.41, 5.74) is -2.46. The number of nitro benzene ring substituents is 2. The lowest BCUT2D eigenvalue weighted by molar-refractivity contribution is -0.393. The van der Waals surface area contributed by atoms with E-state index in [4.69, 9.17) is 18.8 Å². The second kappa shape index (κ2) is 14.7. The number of carbonyl (C=O) groups is 2. The van der Waals surface area contributed by atoms with Gasteiger partial charge in [-0.15, -0.1) is 0 Å². The second-order valence-electron chi connectivity index (χ2n) is 8.44. The fourth-order valence-electron chi connectivity index (χ4n) is 3.72. The number of hydrogen-bond acceptors (Lipinski definition) is 15. The van der Waals surface area contributed by atoms with E-state index < -0.39 is 99.2 Å². The molecule has 1 amide bonds. The number of nitrogens with one attached hydrogen (secondary N) is 1. The van der Waals surface area contributed by atoms with Crippen LogP contribution in [0.1, 0.15) is 10.4 Å². The fourth-order valence-corrected chi connectivity index (χ4v) is 4.52. The lowest BCUT2D eigenvalue weighted by Crippen LogP contribution is -2.60. The molecule has 1 heterocycles. The fraction of sp³-hybridized carbons (Fsp3) is 0.600. The van der Waals surface area contributed by atoms with E-state index >= 15 is 0 Å². The maximum atomic E-state index is 13.1. The number of amides is 1. The predicted octanol–water partition coefficient (Wildman–Crippen LogP) is -1.68. The van der Waals surface area contributed by atoms with Crippen LogP contribution in [0.2, 0.25) is 0 Å². The molecule has 1 aliphatic rings. The molecular formula is C20H27BrN4O15S. The molecule has 0 bridgehead atoms. The van der Waals surface area contributed by atoms with E-state index in [1.54, 1.807) is 0 Å². The van der Waals surface area contributed by atoms with Crippen LogP contribution in [0.15, 0.2) is 12.1 Å². The zero-order chi connectivity index (χ0) is 31.1. The molecule has 0 saturated carbocycles. The smallest absolute Gasteiger partial charge is 0.335 e. The minimum atomic E-state index is -3.88. The number of carboxylic acids is 1. The van der Waals surface area contributed by atoms with Crippen molar-refractivity contribution in [1.82, 2.24) is 5.32 Å². The third-order valence-electron chi connectivity index (χ3n) is 5.54. The van der Waals surface area contributed by atoms with E-state index in [0.29, 0.717) is 6.07 Å². The van der Waals surface area contributed by atoms with E-state index in [1.165, 1.54) is 4.90 Å². The van der Waals surface area contributed by atoms with Crippen LogP contribution in [0.3, 0.4) is 0 Å². The average Bonchev–Trinajstić information content (AvgIpc) is 2.88. The first kappa shape index (κ1) is 34.2. The van der Waals surface area contributed by atoms with Crippen LogP contribution in [0.25, 0.3) is 0 Å². The van der Waals surface area contributed by atoms with Gasteiger partial charge in [0.25, 0.3) is 27.4 Å². The van der Waals surface area contributed by atoms with Crippen LogP contribution in [0.4, 0.5) is 17.1 Å². The summed E-state index contributed by atoms with van der Waals surface area (Å²) in [5, 5.41) is 64.5. The first-order chi connectivity index (χ1) is 19.1. The Balaban J connectivity index is 2.29. The third-order valence-corrected chi connectivity index (χ3v) is 6.49. The number of alkyl halides is 1. The van der Waals surface area contributed by atoms with Gasteiger partial charge in [-0.1, -0.05) is 15.9 Å². The molecule has 21 heteroatoms. The van der Waals surface area contributed by atoms with Gasteiger partial charge < -0.3 is 40.1 Å². The molecule has 0 unspecified atom stereocenters. The lowest BCUT2D eigenvalue weighted by Gasteiger charge is -2.38. The molecule has 41 heavy (non-hydrogen) atoms. The number of aliphatic hydroxyl groups excluding tert-OH is 3. The van der Waals surface area contributed by atoms with Gasteiger partial charge in [-0.25, -0.2) is 4.79 Å². The number of halogens is 1. The number of rotatable bonds is 15. The van der Waals surface area contributed by atoms with Gasteiger partial charge in [0, 0.05) is 31.0 Å². The number of anilines is 1. The van der Waals surface area contributed by atoms with Crippen molar-refractivity contribution in [3.63, 3.8) is 0 Å². The third kappa shape index (κ3) is 9.22. The Kier molecular flexibility index (Phi) is 12.3. The molecule has 1 fully saturated rings. The Labute approximate surface area is 240 Å². The van der Waals surface area contributed by atoms with Gasteiger partial charge in [-0.05, 0) is 0 Å². The van der Waals surface area contributed by atoms with E-state index in [2.05, 4.69) is 21.2 Å². The number of aliphatic hydroxyl groups is 3. The zero-order valence-electron chi connectivity index (χ0n) is 21.2. The van der Waals surface area contributed by atoms with E-state index in [9.17, 15) is 53.6 Å². The molecule has 230 valence electrons. The molecular weight excluding hydrogens is 648 g/mol. The predicted molar refractivity (Wildman–Crippen MR) is 139 cm³/mol. The molecule has 5 atom stereocenters. The van der Waals surface area contributed by atoms with Crippen molar-refractivity contribution in [2.24, 2.45) is 0 Å². The number of benzene rings is 1. The Morgan fingerprint density at radius 2 is 1.76 bits per heavy atom. The lowest BCUT2D eigenvalue weighted by atomic mass is 9.99. The molecule has 0 aromatic heterocycles. The minimum absolute atomic E-state index is 0.00894. The van der Waals surface area contributed by atoms with Crippen molar-refractivity contribution >= 4 is 55.0 Å². The van der Waals surface area contributed by atoms with Crippen LogP contribution in [-0.4, -0.2) is 126 Å². The Morgan fingerprint density at radius 3 is 2.29 bits per heavy atom. The highest BCUT2D eigenvalue weighted by Gasteiger charge is 2.47. The van der Waals surface area contributed by atoms with E-state index in [-0.39, 0.29) is 24.1 Å². The highest BCUT2D eigenvalue weighted by molar-refractivity contribution is 9.09. The molecule has 0 spiro atoms. The SMILES string of the molecule is CS(=O)(=O)OCCN(CCBr)c1c(C(=O)NCCO[C@H]2O[C@@H](C(=O)O)[C@H](O)[C@@H](O)[C@@H]2O)cc([N+](=O)[O-])cc1[N+](=O)[O-]. The van der Waals surface area contributed by atoms with Crippen LogP contribution in [-0.2, 0) is 28.6 Å². The van der Waals surface area contributed by atoms with Gasteiger partial charge in [-0.3, -0.25) is 29.2 Å². The summed E-state index contributed by atoms with van der Waals surface area (Å²) in [6.45, 7) is -1.60. The highest BCUT2D eigenvalue weighted by atomic mass is 79.9. The van der Waals surface area contributed by atoms with Gasteiger partial charge in [0.2, 0.25) is 0 Å². The molecule has 0 radical (unpaired) electrons. The second-order valence-corrected chi connectivity index (χ2v) is 10.9. The number of hydrogen-bond donors (Lipinski definition) is 5. The summed E-state index contributed by atoms with van der Waals surface area (Å²) in [4.78, 5) is 46.9. The summed E-state index contributed by atoms with van der Waals surface area (Å²) in [6, 6.07) is 1.44. The van der Waals surface area contributed by atoms with Crippen molar-refractivity contribution in [3.05, 3.63) is 37.9 Å². The molecule has 1 aliphatic heterocycles. The van der Waals surface area contributed by atoms with Crippen LogP contribution >= 0.6 is 15.9 Å². The molecule has 5 N–H and O–H groups in total. The van der Waals surface area contributed by atoms with Crippen molar-refractivity contribution < 1.29 is 61.9 Å². The summed E-state index contributed by atoms with van der Waals surface area (Å²) < 4.78 is 37.5. The molecule has 0 aliphatic carbocycles. The standard InChI is InChI=1S/C20H27BrN4O15S/c1-41(36,37)39-7-5-23(4-2-21)13-11(8-10(24(32)33)9-12(13)25(34)35)18(29)22-3-6-38-20-16(28)14(26)15(27)17(40-20)19(30)31/h8-9,14-17,20,26-28H,2-7H2,1H3,(H,22,29)(H,30,31)/t14-,15-,16+,17-,20+/m1/s1. The van der Waals surface area contributed by atoms with E-state index in [0.717, 1.165) is 12.3 Å². The van der Waals surface area contributed by atoms with Crippen LogP contribution in [0, 0.1) is 20.2 Å². The summed E-state index contributed by atoms with van der Waals surface area (Å²) in [6.07, 6.45) is -8.58. The largest absolute Gasteiger partial charge is 0.479 e. The Hall–Kier alpha value is -3.05. The molecule has 1 aromatic carbocycles. The monoisotopic (exact) mass is 674 g/mol. The number of nitrogens with zero attached hydrogens (tertiary/aromatic N) is 3. The van der Waals surface area contributed by atoms with Crippen LogP contribution in [0.5, 0.6) is 0 Å². The Morgan fingerprint density at radius 1 is 1.10 bits per heavy atom. The molecule has 1 saturated heterocycles. The number of non-ortho nitro benzene ring substituents is 1. The van der Waals surface area contributed by atoms with E-state index in [1.807, 2.05) is 0 Å². The molecule has 19 nitrogen and oxygen atoms in total. The number of nitro groups is 2. The Bertz CT molecular complexity index is 1250. The topological polar surface area (TPSA) is 278 Å². The van der Waals surface area contributed by atoms with Gasteiger partial charge in [-0.2, -0.15) is 8.42 Å². The summed E-state index contributed by atoms with van der Waals surface area (Å²) in [5.74, 6) is -2.68. The zero-order valence-corrected chi connectivity index (χ0v) is 23.6. The maximum absolute atomic E-state index is 13.1. The minimum Gasteiger partial charge on any atom is -0.479 e. The van der Waals surface area contributed by atoms with Crippen molar-refractivity contribution in [2.75, 3.05) is 49.3 Å². The molecule has 2 rings (SSSR count). The van der Waals surface area contributed by atoms with Gasteiger partial charge in [0.15, 0.2) is 12.4 Å². The average molecular weight is 675 g/mol. The maximum Gasteiger partial charge on any atom is 0.335 e. The number of ether oxygens (including phenoxy) is 2. The normalized spacial score (nSPS) is 22.6. The van der Waals surface area contributed by atoms with Crippen molar-refractivity contribution in [3.8, 4) is 0 Å². The first-order valence-corrected chi connectivity index (χ1v) is 14.5. The summed E-state index contributed by atoms with van der Waals surface area (Å²) >= 11 is 3.16. The van der Waals surface area contributed by atoms with Crippen LogP contribution < -0.4 is 10.2 Å². The number of carbonyl (C=O) groups excluding carboxylic acids is 1. The quantitative estimate of drug-likeness (QED) is 0.0456. The van der Waals surface area contributed by atoms with Crippen molar-refractivity contribution in [1.29, 1.82) is 0 Å².